The van der Waals surface area contributed by atoms with Gasteiger partial charge in [0.15, 0.2) is 0 Å². The summed E-state index contributed by atoms with van der Waals surface area (Å²) in [6.45, 7) is 4.55. The maximum absolute atomic E-state index is 5.54. The lowest BCUT2D eigenvalue weighted by atomic mass is 10.2. The zero-order valence-electron chi connectivity index (χ0n) is 11.2. The summed E-state index contributed by atoms with van der Waals surface area (Å²) in [5.74, 6) is 0. The van der Waals surface area contributed by atoms with E-state index in [9.17, 15) is 0 Å². The number of nitrogens with zero attached hydrogens (tertiary/aromatic N) is 1. The van der Waals surface area contributed by atoms with Gasteiger partial charge >= 0.3 is 0 Å². The number of anilines is 1. The van der Waals surface area contributed by atoms with Gasteiger partial charge in [-0.3, -0.25) is 4.98 Å². The van der Waals surface area contributed by atoms with Gasteiger partial charge in [-0.1, -0.05) is 25.5 Å². The Labute approximate surface area is 122 Å². The molecule has 2 aromatic rings. The standard InChI is InChI=1S/C15H19BrN2O/c1-2-3-8-19-9-7-17-14-6-4-5-12-10-13(16)11-18-15(12)14/h4-6,10-11,17H,2-3,7-9H2,1H3. The summed E-state index contributed by atoms with van der Waals surface area (Å²) < 4.78 is 6.54. The highest BCUT2D eigenvalue weighted by molar-refractivity contribution is 9.10. The number of pyridine rings is 1. The van der Waals surface area contributed by atoms with Crippen LogP contribution in [0.1, 0.15) is 19.8 Å². The van der Waals surface area contributed by atoms with E-state index in [0.717, 1.165) is 47.2 Å². The lowest BCUT2D eigenvalue weighted by Crippen LogP contribution is -2.10. The van der Waals surface area contributed by atoms with E-state index in [1.807, 2.05) is 12.3 Å². The van der Waals surface area contributed by atoms with Gasteiger partial charge in [0.2, 0.25) is 0 Å². The van der Waals surface area contributed by atoms with Gasteiger partial charge < -0.3 is 10.1 Å². The number of rotatable bonds is 7. The Morgan fingerprint density at radius 1 is 1.32 bits per heavy atom. The van der Waals surface area contributed by atoms with Crippen LogP contribution in [0.3, 0.4) is 0 Å². The highest BCUT2D eigenvalue weighted by Gasteiger charge is 2.02. The van der Waals surface area contributed by atoms with Crippen LogP contribution in [-0.2, 0) is 4.74 Å². The average Bonchev–Trinajstić information content (AvgIpc) is 2.42. The molecule has 1 N–H and O–H groups in total. The van der Waals surface area contributed by atoms with Crippen molar-refractivity contribution in [2.24, 2.45) is 0 Å². The highest BCUT2D eigenvalue weighted by Crippen LogP contribution is 2.23. The molecule has 2 rings (SSSR count). The Kier molecular flexibility index (Phi) is 5.61. The first-order valence-corrected chi connectivity index (χ1v) is 7.46. The molecule has 0 aliphatic carbocycles. The smallest absolute Gasteiger partial charge is 0.0934 e. The summed E-state index contributed by atoms with van der Waals surface area (Å²) in [6.07, 6.45) is 4.13. The largest absolute Gasteiger partial charge is 0.381 e. The molecule has 0 aliphatic heterocycles. The molecular formula is C15H19BrN2O. The molecule has 1 aromatic heterocycles. The second kappa shape index (κ2) is 7.46. The molecule has 1 heterocycles. The summed E-state index contributed by atoms with van der Waals surface area (Å²) >= 11 is 3.44. The summed E-state index contributed by atoms with van der Waals surface area (Å²) in [7, 11) is 0. The van der Waals surface area contributed by atoms with Crippen molar-refractivity contribution in [3.63, 3.8) is 0 Å². The lowest BCUT2D eigenvalue weighted by molar-refractivity contribution is 0.141. The number of para-hydroxylation sites is 1. The fraction of sp³-hybridized carbons (Fsp3) is 0.400. The molecule has 3 nitrogen and oxygen atoms in total. The number of fused-ring (bicyclic) bond motifs is 1. The van der Waals surface area contributed by atoms with Crippen molar-refractivity contribution in [1.29, 1.82) is 0 Å². The maximum atomic E-state index is 5.54. The third-order valence-electron chi connectivity index (χ3n) is 2.88. The number of aromatic nitrogens is 1. The van der Waals surface area contributed by atoms with Crippen LogP contribution in [0, 0.1) is 0 Å². The predicted molar refractivity (Wildman–Crippen MR) is 83.7 cm³/mol. The monoisotopic (exact) mass is 322 g/mol. The number of hydrogen-bond donors (Lipinski definition) is 1. The van der Waals surface area contributed by atoms with Crippen molar-refractivity contribution < 1.29 is 4.74 Å². The Balaban J connectivity index is 1.93. The van der Waals surface area contributed by atoms with E-state index in [4.69, 9.17) is 4.74 Å². The van der Waals surface area contributed by atoms with E-state index in [-0.39, 0.29) is 0 Å². The molecule has 0 fully saturated rings. The molecule has 0 radical (unpaired) electrons. The van der Waals surface area contributed by atoms with Crippen LogP contribution in [0.5, 0.6) is 0 Å². The maximum Gasteiger partial charge on any atom is 0.0934 e. The lowest BCUT2D eigenvalue weighted by Gasteiger charge is -2.09. The Morgan fingerprint density at radius 3 is 3.05 bits per heavy atom. The Morgan fingerprint density at radius 2 is 2.21 bits per heavy atom. The van der Waals surface area contributed by atoms with Crippen molar-refractivity contribution in [3.8, 4) is 0 Å². The number of ether oxygens (including phenoxy) is 1. The minimum Gasteiger partial charge on any atom is -0.381 e. The van der Waals surface area contributed by atoms with E-state index in [2.05, 4.69) is 51.4 Å². The molecule has 0 spiro atoms. The van der Waals surface area contributed by atoms with Crippen LogP contribution in [0.4, 0.5) is 5.69 Å². The van der Waals surface area contributed by atoms with E-state index < -0.39 is 0 Å². The van der Waals surface area contributed by atoms with Gasteiger partial charge in [0.1, 0.15) is 0 Å². The topological polar surface area (TPSA) is 34.1 Å². The summed E-state index contributed by atoms with van der Waals surface area (Å²) in [5.41, 5.74) is 2.06. The van der Waals surface area contributed by atoms with Gasteiger partial charge in [-0.15, -0.1) is 0 Å². The SMILES string of the molecule is CCCCOCCNc1cccc2cc(Br)cnc12. The first kappa shape index (κ1) is 14.3. The zero-order chi connectivity index (χ0) is 13.5. The molecule has 4 heteroatoms. The molecule has 0 atom stereocenters. The fourth-order valence-electron chi connectivity index (χ4n) is 1.88. The predicted octanol–water partition coefficient (Wildman–Crippen LogP) is 4.23. The van der Waals surface area contributed by atoms with E-state index in [0.29, 0.717) is 0 Å². The molecule has 0 saturated heterocycles. The molecular weight excluding hydrogens is 304 g/mol. The molecule has 0 aliphatic rings. The molecule has 102 valence electrons. The number of nitrogens with one attached hydrogen (secondary N) is 1. The third kappa shape index (κ3) is 4.18. The summed E-state index contributed by atoms with van der Waals surface area (Å²) in [4.78, 5) is 4.46. The highest BCUT2D eigenvalue weighted by atomic mass is 79.9. The second-order valence-electron chi connectivity index (χ2n) is 4.42. The van der Waals surface area contributed by atoms with Crippen molar-refractivity contribution in [3.05, 3.63) is 34.9 Å². The minimum atomic E-state index is 0.729. The molecule has 1 aromatic carbocycles. The van der Waals surface area contributed by atoms with Crippen LogP contribution in [0.2, 0.25) is 0 Å². The minimum absolute atomic E-state index is 0.729. The molecule has 19 heavy (non-hydrogen) atoms. The van der Waals surface area contributed by atoms with Crippen LogP contribution >= 0.6 is 15.9 Å². The van der Waals surface area contributed by atoms with Crippen LogP contribution in [0.15, 0.2) is 34.9 Å². The zero-order valence-corrected chi connectivity index (χ0v) is 12.7. The second-order valence-corrected chi connectivity index (χ2v) is 5.34. The van der Waals surface area contributed by atoms with Crippen molar-refractivity contribution in [2.45, 2.75) is 19.8 Å². The van der Waals surface area contributed by atoms with E-state index in [1.165, 1.54) is 6.42 Å². The van der Waals surface area contributed by atoms with Crippen LogP contribution < -0.4 is 5.32 Å². The Bertz CT molecular complexity index is 531. The first-order chi connectivity index (χ1) is 9.31. The van der Waals surface area contributed by atoms with Gasteiger partial charge in [-0.05, 0) is 34.5 Å². The van der Waals surface area contributed by atoms with Crippen molar-refractivity contribution in [2.75, 3.05) is 25.1 Å². The number of hydrogen-bond acceptors (Lipinski definition) is 3. The van der Waals surface area contributed by atoms with Crippen molar-refractivity contribution in [1.82, 2.24) is 4.98 Å². The molecule has 0 unspecified atom stereocenters. The van der Waals surface area contributed by atoms with Gasteiger partial charge in [-0.2, -0.15) is 0 Å². The fourth-order valence-corrected chi connectivity index (χ4v) is 2.23. The molecule has 0 saturated carbocycles. The Hall–Kier alpha value is -1.13. The number of benzene rings is 1. The van der Waals surface area contributed by atoms with Crippen LogP contribution in [0.25, 0.3) is 10.9 Å². The average molecular weight is 323 g/mol. The van der Waals surface area contributed by atoms with E-state index >= 15 is 0 Å². The number of halogens is 1. The first-order valence-electron chi connectivity index (χ1n) is 6.67. The molecule has 0 bridgehead atoms. The summed E-state index contributed by atoms with van der Waals surface area (Å²) in [5, 5.41) is 4.51. The number of unbranched alkanes of at least 4 members (excludes halogenated alkanes) is 1. The van der Waals surface area contributed by atoms with Crippen LogP contribution in [-0.4, -0.2) is 24.7 Å². The molecule has 0 amide bonds. The van der Waals surface area contributed by atoms with Gasteiger partial charge in [0.05, 0.1) is 17.8 Å². The van der Waals surface area contributed by atoms with Crippen molar-refractivity contribution >= 4 is 32.5 Å². The van der Waals surface area contributed by atoms with E-state index in [1.54, 1.807) is 0 Å². The third-order valence-corrected chi connectivity index (χ3v) is 3.32. The quantitative estimate of drug-likeness (QED) is 0.775. The van der Waals surface area contributed by atoms with Gasteiger partial charge in [0.25, 0.3) is 0 Å². The summed E-state index contributed by atoms with van der Waals surface area (Å²) in [6, 6.07) is 8.23. The van der Waals surface area contributed by atoms with Gasteiger partial charge in [-0.25, -0.2) is 0 Å². The van der Waals surface area contributed by atoms with Gasteiger partial charge in [0, 0.05) is 29.2 Å². The normalized spacial score (nSPS) is 10.8.